The van der Waals surface area contributed by atoms with Crippen molar-refractivity contribution in [3.63, 3.8) is 0 Å². The van der Waals surface area contributed by atoms with Gasteiger partial charge in [0.1, 0.15) is 0 Å². The predicted octanol–water partition coefficient (Wildman–Crippen LogP) is 4.24. The minimum absolute atomic E-state index is 0.330. The van der Waals surface area contributed by atoms with Gasteiger partial charge < -0.3 is 14.8 Å². The molecule has 0 saturated heterocycles. The molecule has 3 nitrogen and oxygen atoms in total. The molecule has 1 heterocycles. The molecule has 0 atom stereocenters. The first-order valence-electron chi connectivity index (χ1n) is 7.35. The van der Waals surface area contributed by atoms with Gasteiger partial charge in [-0.25, -0.2) is 0 Å². The maximum Gasteiger partial charge on any atom is 0.231 e. The summed E-state index contributed by atoms with van der Waals surface area (Å²) in [7, 11) is 0. The Morgan fingerprint density at radius 3 is 2.55 bits per heavy atom. The van der Waals surface area contributed by atoms with Crippen molar-refractivity contribution in [2.45, 2.75) is 52.1 Å². The molecule has 1 fully saturated rings. The summed E-state index contributed by atoms with van der Waals surface area (Å²) in [5.41, 5.74) is 1.76. The van der Waals surface area contributed by atoms with Gasteiger partial charge in [-0.2, -0.15) is 0 Å². The summed E-state index contributed by atoms with van der Waals surface area (Å²) in [6, 6.07) is 4.72. The van der Waals surface area contributed by atoms with Gasteiger partial charge in [0.2, 0.25) is 6.79 Å². The molecule has 1 aliphatic heterocycles. The van der Waals surface area contributed by atoms with Crippen LogP contribution >= 0.6 is 15.9 Å². The summed E-state index contributed by atoms with van der Waals surface area (Å²) in [4.78, 5) is 0. The predicted molar refractivity (Wildman–Crippen MR) is 83.1 cm³/mol. The van der Waals surface area contributed by atoms with Crippen LogP contribution in [0.25, 0.3) is 0 Å². The SMILES string of the molecule is CC1(C)CCC(NCc2cc3c(cc2Br)OCO3)CC1. The number of hydrogen-bond donors (Lipinski definition) is 1. The minimum atomic E-state index is 0.330. The Hall–Kier alpha value is -0.740. The van der Waals surface area contributed by atoms with Gasteiger partial charge in [-0.3, -0.25) is 0 Å². The van der Waals surface area contributed by atoms with Gasteiger partial charge in [-0.05, 0) is 48.8 Å². The summed E-state index contributed by atoms with van der Waals surface area (Å²) in [6.45, 7) is 5.95. The minimum Gasteiger partial charge on any atom is -0.454 e. The Labute approximate surface area is 129 Å². The quantitative estimate of drug-likeness (QED) is 0.893. The third kappa shape index (κ3) is 3.12. The van der Waals surface area contributed by atoms with Gasteiger partial charge in [0.15, 0.2) is 11.5 Å². The largest absolute Gasteiger partial charge is 0.454 e. The van der Waals surface area contributed by atoms with E-state index in [2.05, 4.69) is 41.2 Å². The third-order valence-corrected chi connectivity index (χ3v) is 5.20. The molecule has 0 radical (unpaired) electrons. The summed E-state index contributed by atoms with van der Waals surface area (Å²) < 4.78 is 11.9. The number of ether oxygens (including phenoxy) is 2. The van der Waals surface area contributed by atoms with Crippen molar-refractivity contribution in [1.29, 1.82) is 0 Å². The van der Waals surface area contributed by atoms with E-state index >= 15 is 0 Å². The standard InChI is InChI=1S/C16H22BrNO2/c1-16(2)5-3-12(4-6-16)18-9-11-7-14-15(8-13(11)17)20-10-19-14/h7-8,12,18H,3-6,9-10H2,1-2H3. The molecular formula is C16H22BrNO2. The highest BCUT2D eigenvalue weighted by Crippen LogP contribution is 2.38. The topological polar surface area (TPSA) is 30.5 Å². The van der Waals surface area contributed by atoms with Crippen LogP contribution in [-0.2, 0) is 6.54 Å². The Bertz CT molecular complexity index is 491. The Kier molecular flexibility index (Phi) is 3.95. The molecule has 1 aromatic carbocycles. The van der Waals surface area contributed by atoms with Crippen LogP contribution in [0.4, 0.5) is 0 Å². The lowest BCUT2D eigenvalue weighted by molar-refractivity contribution is 0.174. The maximum absolute atomic E-state index is 5.44. The van der Waals surface area contributed by atoms with Gasteiger partial charge in [-0.1, -0.05) is 29.8 Å². The molecule has 3 rings (SSSR count). The van der Waals surface area contributed by atoms with Crippen LogP contribution in [0.3, 0.4) is 0 Å². The summed E-state index contributed by atoms with van der Waals surface area (Å²) in [6.07, 6.45) is 5.17. The van der Waals surface area contributed by atoms with Crippen LogP contribution in [0.1, 0.15) is 45.1 Å². The number of fused-ring (bicyclic) bond motifs is 1. The van der Waals surface area contributed by atoms with Crippen LogP contribution in [-0.4, -0.2) is 12.8 Å². The first-order chi connectivity index (χ1) is 9.53. The molecule has 0 aromatic heterocycles. The molecule has 4 heteroatoms. The maximum atomic E-state index is 5.44. The van der Waals surface area contributed by atoms with Crippen molar-refractivity contribution >= 4 is 15.9 Å². The fourth-order valence-electron chi connectivity index (χ4n) is 2.95. The lowest BCUT2D eigenvalue weighted by atomic mass is 9.75. The Balaban J connectivity index is 1.59. The van der Waals surface area contributed by atoms with Crippen molar-refractivity contribution < 1.29 is 9.47 Å². The average Bonchev–Trinajstić information content (AvgIpc) is 2.84. The van der Waals surface area contributed by atoms with E-state index in [1.165, 1.54) is 31.2 Å². The van der Waals surface area contributed by atoms with Crippen molar-refractivity contribution in [2.24, 2.45) is 5.41 Å². The summed E-state index contributed by atoms with van der Waals surface area (Å²) in [5, 5.41) is 3.68. The fourth-order valence-corrected chi connectivity index (χ4v) is 3.41. The van der Waals surface area contributed by atoms with Gasteiger partial charge in [-0.15, -0.1) is 0 Å². The van der Waals surface area contributed by atoms with Crippen molar-refractivity contribution in [1.82, 2.24) is 5.32 Å². The van der Waals surface area contributed by atoms with Crippen LogP contribution in [0, 0.1) is 5.41 Å². The van der Waals surface area contributed by atoms with Crippen molar-refractivity contribution in [3.05, 3.63) is 22.2 Å². The van der Waals surface area contributed by atoms with Crippen LogP contribution in [0.5, 0.6) is 11.5 Å². The van der Waals surface area contributed by atoms with Crippen LogP contribution in [0.15, 0.2) is 16.6 Å². The van der Waals surface area contributed by atoms with E-state index in [4.69, 9.17) is 9.47 Å². The molecule has 0 bridgehead atoms. The second kappa shape index (κ2) is 5.57. The average molecular weight is 340 g/mol. The molecular weight excluding hydrogens is 318 g/mol. The fraction of sp³-hybridized carbons (Fsp3) is 0.625. The smallest absolute Gasteiger partial charge is 0.231 e. The molecule has 1 saturated carbocycles. The molecule has 1 N–H and O–H groups in total. The number of benzene rings is 1. The molecule has 0 unspecified atom stereocenters. The van der Waals surface area contributed by atoms with Gasteiger partial charge in [0.05, 0.1) is 0 Å². The zero-order valence-electron chi connectivity index (χ0n) is 12.2. The van der Waals surface area contributed by atoms with Crippen molar-refractivity contribution in [3.8, 4) is 11.5 Å². The highest BCUT2D eigenvalue weighted by molar-refractivity contribution is 9.10. The van der Waals surface area contributed by atoms with Crippen molar-refractivity contribution in [2.75, 3.05) is 6.79 Å². The first kappa shape index (κ1) is 14.2. The lowest BCUT2D eigenvalue weighted by Crippen LogP contribution is -2.35. The molecule has 0 spiro atoms. The second-order valence-electron chi connectivity index (χ2n) is 6.62. The number of nitrogens with one attached hydrogen (secondary N) is 1. The summed E-state index contributed by atoms with van der Waals surface area (Å²) >= 11 is 3.62. The van der Waals surface area contributed by atoms with E-state index in [-0.39, 0.29) is 0 Å². The summed E-state index contributed by atoms with van der Waals surface area (Å²) in [5.74, 6) is 1.69. The first-order valence-corrected chi connectivity index (χ1v) is 8.14. The number of halogens is 1. The van der Waals surface area contributed by atoms with E-state index in [0.29, 0.717) is 18.2 Å². The molecule has 110 valence electrons. The zero-order chi connectivity index (χ0) is 14.2. The number of hydrogen-bond acceptors (Lipinski definition) is 3. The molecule has 20 heavy (non-hydrogen) atoms. The number of rotatable bonds is 3. The van der Waals surface area contributed by atoms with Gasteiger partial charge in [0.25, 0.3) is 0 Å². The molecule has 1 aromatic rings. The zero-order valence-corrected chi connectivity index (χ0v) is 13.8. The second-order valence-corrected chi connectivity index (χ2v) is 7.47. The van der Waals surface area contributed by atoms with E-state index in [1.807, 2.05) is 6.07 Å². The van der Waals surface area contributed by atoms with E-state index in [1.54, 1.807) is 0 Å². The van der Waals surface area contributed by atoms with E-state index in [9.17, 15) is 0 Å². The molecule has 0 amide bonds. The third-order valence-electron chi connectivity index (χ3n) is 4.46. The van der Waals surface area contributed by atoms with Gasteiger partial charge >= 0.3 is 0 Å². The van der Waals surface area contributed by atoms with E-state index < -0.39 is 0 Å². The monoisotopic (exact) mass is 339 g/mol. The highest BCUT2D eigenvalue weighted by atomic mass is 79.9. The normalized spacial score (nSPS) is 21.1. The molecule has 2 aliphatic rings. The van der Waals surface area contributed by atoms with Crippen LogP contribution in [0.2, 0.25) is 0 Å². The Morgan fingerprint density at radius 2 is 1.85 bits per heavy atom. The Morgan fingerprint density at radius 1 is 1.20 bits per heavy atom. The van der Waals surface area contributed by atoms with Gasteiger partial charge in [0, 0.05) is 17.1 Å². The highest BCUT2D eigenvalue weighted by Gasteiger charge is 2.26. The molecule has 1 aliphatic carbocycles. The van der Waals surface area contributed by atoms with E-state index in [0.717, 1.165) is 22.5 Å². The lowest BCUT2D eigenvalue weighted by Gasteiger charge is -2.34. The van der Waals surface area contributed by atoms with Crippen LogP contribution < -0.4 is 14.8 Å².